The van der Waals surface area contributed by atoms with Crippen LogP contribution in [0.1, 0.15) is 13.8 Å². The predicted octanol–water partition coefficient (Wildman–Crippen LogP) is 4.27. The van der Waals surface area contributed by atoms with Gasteiger partial charge < -0.3 is 20.5 Å². The van der Waals surface area contributed by atoms with Crippen molar-refractivity contribution in [2.24, 2.45) is 5.92 Å². The highest BCUT2D eigenvalue weighted by Gasteiger charge is 2.15. The number of anilines is 1. The summed E-state index contributed by atoms with van der Waals surface area (Å²) in [6.07, 6.45) is 0. The van der Waals surface area contributed by atoms with Gasteiger partial charge in [0.05, 0.1) is 5.69 Å². The molecule has 2 amide bonds. The molecular formula is C18H21ClN2O3. The maximum Gasteiger partial charge on any atom is 0.319 e. The van der Waals surface area contributed by atoms with Gasteiger partial charge in [-0.3, -0.25) is 0 Å². The largest absolute Gasteiger partial charge is 0.455 e. The maximum atomic E-state index is 12.2. The zero-order valence-corrected chi connectivity index (χ0v) is 14.4. The van der Waals surface area contributed by atoms with E-state index in [0.717, 1.165) is 0 Å². The first-order valence-electron chi connectivity index (χ1n) is 7.70. The minimum atomic E-state index is -0.386. The third kappa shape index (κ3) is 5.15. The number of hydrogen-bond donors (Lipinski definition) is 3. The van der Waals surface area contributed by atoms with Crippen molar-refractivity contribution in [1.82, 2.24) is 5.32 Å². The van der Waals surface area contributed by atoms with Gasteiger partial charge in [0.15, 0.2) is 5.75 Å². The molecule has 24 heavy (non-hydrogen) atoms. The molecule has 3 N–H and O–H groups in total. The average molecular weight is 349 g/mol. The molecule has 0 aromatic heterocycles. The van der Waals surface area contributed by atoms with Crippen molar-refractivity contribution in [3.05, 3.63) is 53.6 Å². The first-order valence-corrected chi connectivity index (χ1v) is 8.08. The number of para-hydroxylation sites is 1. The van der Waals surface area contributed by atoms with Gasteiger partial charge in [0, 0.05) is 17.7 Å². The normalized spacial score (nSPS) is 13.0. The van der Waals surface area contributed by atoms with Gasteiger partial charge in [-0.15, -0.1) is 0 Å². The fraction of sp³-hybridized carbons (Fsp3) is 0.278. The van der Waals surface area contributed by atoms with E-state index in [0.29, 0.717) is 22.2 Å². The van der Waals surface area contributed by atoms with E-state index in [1.165, 1.54) is 0 Å². The standard InChI is InChI=1S/C18H21ClN2O3/c1-12(11-22)13(2)20-18(23)21-16-10-14(19)8-9-17(16)24-15-6-4-3-5-7-15/h3-10,12-13,22H,11H2,1-2H3,(H2,20,21,23). The summed E-state index contributed by atoms with van der Waals surface area (Å²) >= 11 is 6.02. The SMILES string of the molecule is CC(CO)C(C)NC(=O)Nc1cc(Cl)ccc1Oc1ccccc1. The van der Waals surface area contributed by atoms with Crippen LogP contribution < -0.4 is 15.4 Å². The number of hydrogen-bond acceptors (Lipinski definition) is 3. The molecule has 0 bridgehead atoms. The molecular weight excluding hydrogens is 328 g/mol. The summed E-state index contributed by atoms with van der Waals surface area (Å²) in [7, 11) is 0. The first-order chi connectivity index (χ1) is 11.5. The number of rotatable bonds is 6. The van der Waals surface area contributed by atoms with Crippen molar-refractivity contribution in [3.63, 3.8) is 0 Å². The Labute approximate surface area is 146 Å². The predicted molar refractivity (Wildman–Crippen MR) is 95.8 cm³/mol. The molecule has 0 heterocycles. The number of carbonyl (C=O) groups excluding carboxylic acids is 1. The number of aliphatic hydroxyl groups is 1. The molecule has 128 valence electrons. The summed E-state index contributed by atoms with van der Waals surface area (Å²) in [5.41, 5.74) is 0.465. The van der Waals surface area contributed by atoms with Crippen LogP contribution in [0.2, 0.25) is 5.02 Å². The Morgan fingerprint density at radius 3 is 2.58 bits per heavy atom. The van der Waals surface area contributed by atoms with E-state index in [9.17, 15) is 4.79 Å². The quantitative estimate of drug-likeness (QED) is 0.730. The Hall–Kier alpha value is -2.24. The van der Waals surface area contributed by atoms with E-state index in [2.05, 4.69) is 10.6 Å². The molecule has 0 aliphatic carbocycles. The smallest absolute Gasteiger partial charge is 0.319 e. The Balaban J connectivity index is 2.11. The molecule has 0 aliphatic rings. The van der Waals surface area contributed by atoms with Crippen LogP contribution in [0.25, 0.3) is 0 Å². The molecule has 2 aromatic rings. The molecule has 0 fully saturated rings. The van der Waals surface area contributed by atoms with Crippen LogP contribution in [-0.2, 0) is 0 Å². The topological polar surface area (TPSA) is 70.6 Å². The number of amides is 2. The van der Waals surface area contributed by atoms with Crippen LogP contribution in [0.4, 0.5) is 10.5 Å². The van der Waals surface area contributed by atoms with Crippen molar-refractivity contribution in [3.8, 4) is 11.5 Å². The van der Waals surface area contributed by atoms with Gasteiger partial charge in [0.25, 0.3) is 0 Å². The van der Waals surface area contributed by atoms with Crippen molar-refractivity contribution in [1.29, 1.82) is 0 Å². The van der Waals surface area contributed by atoms with E-state index in [4.69, 9.17) is 21.4 Å². The van der Waals surface area contributed by atoms with Gasteiger partial charge in [-0.2, -0.15) is 0 Å². The highest BCUT2D eigenvalue weighted by atomic mass is 35.5. The molecule has 2 atom stereocenters. The fourth-order valence-corrected chi connectivity index (χ4v) is 2.14. The van der Waals surface area contributed by atoms with Gasteiger partial charge in [-0.05, 0) is 43.2 Å². The number of nitrogens with one attached hydrogen (secondary N) is 2. The van der Waals surface area contributed by atoms with Crippen molar-refractivity contribution in [2.45, 2.75) is 19.9 Å². The Bertz CT molecular complexity index is 679. The maximum absolute atomic E-state index is 12.2. The Morgan fingerprint density at radius 2 is 1.92 bits per heavy atom. The number of halogens is 1. The summed E-state index contributed by atoms with van der Waals surface area (Å²) in [6, 6.07) is 13.7. The minimum Gasteiger partial charge on any atom is -0.455 e. The summed E-state index contributed by atoms with van der Waals surface area (Å²) in [4.78, 5) is 12.2. The number of carbonyl (C=O) groups is 1. The third-order valence-electron chi connectivity index (χ3n) is 3.66. The molecule has 6 heteroatoms. The lowest BCUT2D eigenvalue weighted by Gasteiger charge is -2.20. The van der Waals surface area contributed by atoms with Crippen LogP contribution in [0.3, 0.4) is 0 Å². The van der Waals surface area contributed by atoms with Crippen LogP contribution in [0, 0.1) is 5.92 Å². The van der Waals surface area contributed by atoms with Crippen LogP contribution in [0.15, 0.2) is 48.5 Å². The lowest BCUT2D eigenvalue weighted by Crippen LogP contribution is -2.40. The highest BCUT2D eigenvalue weighted by molar-refractivity contribution is 6.31. The second-order valence-electron chi connectivity index (χ2n) is 5.60. The molecule has 0 spiro atoms. The molecule has 5 nitrogen and oxygen atoms in total. The first kappa shape index (κ1) is 18.1. The summed E-state index contributed by atoms with van der Waals surface area (Å²) in [5, 5.41) is 15.2. The van der Waals surface area contributed by atoms with E-state index in [1.807, 2.05) is 44.2 Å². The van der Waals surface area contributed by atoms with Crippen LogP contribution in [-0.4, -0.2) is 23.8 Å². The number of aliphatic hydroxyl groups excluding tert-OH is 1. The van der Waals surface area contributed by atoms with E-state index < -0.39 is 0 Å². The van der Waals surface area contributed by atoms with Crippen LogP contribution in [0.5, 0.6) is 11.5 Å². The Morgan fingerprint density at radius 1 is 1.21 bits per heavy atom. The minimum absolute atomic E-state index is 0.000972. The van der Waals surface area contributed by atoms with E-state index in [-0.39, 0.29) is 24.6 Å². The summed E-state index contributed by atoms with van der Waals surface area (Å²) < 4.78 is 5.80. The second kappa shape index (κ2) is 8.57. The molecule has 2 rings (SSSR count). The molecule has 0 radical (unpaired) electrons. The third-order valence-corrected chi connectivity index (χ3v) is 3.90. The molecule has 0 aliphatic heterocycles. The zero-order valence-electron chi connectivity index (χ0n) is 13.6. The van der Waals surface area contributed by atoms with Crippen LogP contribution >= 0.6 is 11.6 Å². The van der Waals surface area contributed by atoms with E-state index in [1.54, 1.807) is 18.2 Å². The van der Waals surface area contributed by atoms with Gasteiger partial charge in [0.1, 0.15) is 5.75 Å². The monoisotopic (exact) mass is 348 g/mol. The van der Waals surface area contributed by atoms with Gasteiger partial charge >= 0.3 is 6.03 Å². The molecule has 0 saturated carbocycles. The second-order valence-corrected chi connectivity index (χ2v) is 6.04. The molecule has 2 aromatic carbocycles. The van der Waals surface area contributed by atoms with Crippen molar-refractivity contribution >= 4 is 23.3 Å². The lowest BCUT2D eigenvalue weighted by molar-refractivity contribution is 0.204. The number of benzene rings is 2. The van der Waals surface area contributed by atoms with Gasteiger partial charge in [-0.25, -0.2) is 4.79 Å². The van der Waals surface area contributed by atoms with Crippen molar-refractivity contribution in [2.75, 3.05) is 11.9 Å². The molecule has 0 saturated heterocycles. The summed E-state index contributed by atoms with van der Waals surface area (Å²) in [5.74, 6) is 1.10. The van der Waals surface area contributed by atoms with Gasteiger partial charge in [0.2, 0.25) is 0 Å². The highest BCUT2D eigenvalue weighted by Crippen LogP contribution is 2.31. The lowest BCUT2D eigenvalue weighted by atomic mass is 10.1. The number of urea groups is 1. The van der Waals surface area contributed by atoms with E-state index >= 15 is 0 Å². The summed E-state index contributed by atoms with van der Waals surface area (Å²) in [6.45, 7) is 3.69. The average Bonchev–Trinajstić information content (AvgIpc) is 2.57. The van der Waals surface area contributed by atoms with Crippen molar-refractivity contribution < 1.29 is 14.6 Å². The fourth-order valence-electron chi connectivity index (χ4n) is 1.97. The van der Waals surface area contributed by atoms with Gasteiger partial charge in [-0.1, -0.05) is 36.7 Å². The Kier molecular flexibility index (Phi) is 6.46. The number of ether oxygens (including phenoxy) is 1. The molecule has 2 unspecified atom stereocenters. The zero-order chi connectivity index (χ0) is 17.5.